The molecule has 0 saturated heterocycles. The van der Waals surface area contributed by atoms with Gasteiger partial charge in [0, 0.05) is 35.9 Å². The summed E-state index contributed by atoms with van der Waals surface area (Å²) in [5, 5.41) is 2.48. The van der Waals surface area contributed by atoms with Crippen LogP contribution < -0.4 is 5.32 Å². The Labute approximate surface area is 130 Å². The van der Waals surface area contributed by atoms with E-state index in [9.17, 15) is 13.6 Å². The number of hydrogen-bond acceptors (Lipinski definition) is 4. The van der Waals surface area contributed by atoms with Crippen LogP contribution in [0, 0.1) is 11.6 Å². The van der Waals surface area contributed by atoms with Crippen molar-refractivity contribution in [2.24, 2.45) is 0 Å². The molecule has 23 heavy (non-hydrogen) atoms. The number of aromatic nitrogens is 3. The van der Waals surface area contributed by atoms with E-state index >= 15 is 0 Å². The predicted molar refractivity (Wildman–Crippen MR) is 79.6 cm³/mol. The quantitative estimate of drug-likeness (QED) is 0.807. The Morgan fingerprint density at radius 2 is 1.74 bits per heavy atom. The average Bonchev–Trinajstić information content (AvgIpc) is 2.59. The second kappa shape index (κ2) is 6.27. The van der Waals surface area contributed by atoms with Crippen LogP contribution in [0.4, 0.5) is 14.5 Å². The molecular weight excluding hydrogens is 302 g/mol. The smallest absolute Gasteiger partial charge is 0.257 e. The number of rotatable bonds is 3. The minimum absolute atomic E-state index is 0.162. The third-order valence-electron chi connectivity index (χ3n) is 3.06. The maximum Gasteiger partial charge on any atom is 0.257 e. The highest BCUT2D eigenvalue weighted by Crippen LogP contribution is 2.16. The van der Waals surface area contributed by atoms with Crippen LogP contribution in [0.2, 0.25) is 0 Å². The first-order chi connectivity index (χ1) is 11.1. The molecule has 7 heteroatoms. The van der Waals surface area contributed by atoms with Gasteiger partial charge in [-0.3, -0.25) is 9.78 Å². The van der Waals surface area contributed by atoms with Crippen molar-refractivity contribution in [1.82, 2.24) is 15.0 Å². The minimum Gasteiger partial charge on any atom is -0.322 e. The number of nitrogens with zero attached hydrogens (tertiary/aromatic N) is 3. The lowest BCUT2D eigenvalue weighted by molar-refractivity contribution is 0.102. The molecule has 1 N–H and O–H groups in total. The van der Waals surface area contributed by atoms with Crippen LogP contribution in [-0.4, -0.2) is 20.9 Å². The summed E-state index contributed by atoms with van der Waals surface area (Å²) < 4.78 is 26.0. The van der Waals surface area contributed by atoms with Crippen molar-refractivity contribution in [2.75, 3.05) is 5.32 Å². The van der Waals surface area contributed by atoms with Crippen LogP contribution >= 0.6 is 0 Å². The van der Waals surface area contributed by atoms with Gasteiger partial charge in [0.1, 0.15) is 6.33 Å². The molecule has 0 aliphatic heterocycles. The summed E-state index contributed by atoms with van der Waals surface area (Å²) >= 11 is 0. The van der Waals surface area contributed by atoms with Crippen molar-refractivity contribution >= 4 is 11.6 Å². The summed E-state index contributed by atoms with van der Waals surface area (Å²) in [5.41, 5.74) is 1.79. The number of hydrogen-bond donors (Lipinski definition) is 1. The van der Waals surface area contributed by atoms with Crippen LogP contribution in [0.5, 0.6) is 0 Å². The summed E-state index contributed by atoms with van der Waals surface area (Å²) in [7, 11) is 0. The number of benzene rings is 1. The van der Waals surface area contributed by atoms with Gasteiger partial charge < -0.3 is 5.32 Å². The van der Waals surface area contributed by atoms with Crippen molar-refractivity contribution in [3.8, 4) is 11.3 Å². The molecule has 5 nitrogen and oxygen atoms in total. The third kappa shape index (κ3) is 3.34. The molecule has 0 atom stereocenters. The van der Waals surface area contributed by atoms with Crippen LogP contribution in [-0.2, 0) is 0 Å². The summed E-state index contributed by atoms with van der Waals surface area (Å²) in [6, 6.07) is 6.36. The fourth-order valence-electron chi connectivity index (χ4n) is 1.91. The van der Waals surface area contributed by atoms with E-state index in [0.29, 0.717) is 5.69 Å². The molecule has 1 aromatic carbocycles. The lowest BCUT2D eigenvalue weighted by atomic mass is 10.2. The van der Waals surface area contributed by atoms with Crippen LogP contribution in [0.25, 0.3) is 11.3 Å². The third-order valence-corrected chi connectivity index (χ3v) is 3.06. The number of nitrogens with one attached hydrogen (secondary N) is 1. The Morgan fingerprint density at radius 3 is 2.39 bits per heavy atom. The van der Waals surface area contributed by atoms with Gasteiger partial charge in [0.15, 0.2) is 11.6 Å². The lowest BCUT2D eigenvalue weighted by Crippen LogP contribution is -2.12. The van der Waals surface area contributed by atoms with Crippen molar-refractivity contribution in [2.45, 2.75) is 0 Å². The normalized spacial score (nSPS) is 10.3. The fourth-order valence-corrected chi connectivity index (χ4v) is 1.91. The number of carbonyl (C=O) groups is 1. The Morgan fingerprint density at radius 1 is 0.957 bits per heavy atom. The van der Waals surface area contributed by atoms with Gasteiger partial charge in [-0.05, 0) is 24.3 Å². The van der Waals surface area contributed by atoms with Gasteiger partial charge in [0.25, 0.3) is 5.91 Å². The molecule has 0 aliphatic rings. The van der Waals surface area contributed by atoms with E-state index in [0.717, 1.165) is 17.7 Å². The van der Waals surface area contributed by atoms with E-state index in [1.165, 1.54) is 18.6 Å². The minimum atomic E-state index is -1.03. The second-order valence-corrected chi connectivity index (χ2v) is 4.64. The number of halogens is 2. The molecular formula is C16H10F2N4O. The molecule has 114 valence electrons. The number of anilines is 1. The summed E-state index contributed by atoms with van der Waals surface area (Å²) in [6.07, 6.45) is 6.01. The summed E-state index contributed by atoms with van der Waals surface area (Å²) in [6.45, 7) is 0. The van der Waals surface area contributed by atoms with E-state index in [4.69, 9.17) is 0 Å². The van der Waals surface area contributed by atoms with Gasteiger partial charge in [-0.25, -0.2) is 18.7 Å². The molecule has 0 bridgehead atoms. The molecule has 1 amide bonds. The molecule has 0 spiro atoms. The first-order valence-corrected chi connectivity index (χ1v) is 6.61. The number of amides is 1. The predicted octanol–water partition coefficient (Wildman–Crippen LogP) is 3.07. The topological polar surface area (TPSA) is 67.8 Å². The molecule has 0 radical (unpaired) electrons. The molecule has 0 unspecified atom stereocenters. The summed E-state index contributed by atoms with van der Waals surface area (Å²) in [4.78, 5) is 24.0. The second-order valence-electron chi connectivity index (χ2n) is 4.64. The Kier molecular flexibility index (Phi) is 4.01. The Balaban J connectivity index is 1.76. The SMILES string of the molecule is O=C(Nc1ccc(F)c(F)c1)c1ccc(-c2cncnc2)nc1. The van der Waals surface area contributed by atoms with Gasteiger partial charge in [-0.2, -0.15) is 0 Å². The monoisotopic (exact) mass is 312 g/mol. The van der Waals surface area contributed by atoms with Gasteiger partial charge in [0.05, 0.1) is 11.3 Å². The standard InChI is InChI=1S/C16H10F2N4O/c17-13-3-2-12(5-14(13)18)22-16(23)10-1-4-15(21-8-10)11-6-19-9-20-7-11/h1-9H,(H,22,23). The van der Waals surface area contributed by atoms with E-state index in [1.54, 1.807) is 24.5 Å². The highest BCUT2D eigenvalue weighted by Gasteiger charge is 2.09. The van der Waals surface area contributed by atoms with Crippen LogP contribution in [0.3, 0.4) is 0 Å². The van der Waals surface area contributed by atoms with Crippen molar-refractivity contribution < 1.29 is 13.6 Å². The molecule has 3 rings (SSSR count). The molecule has 2 heterocycles. The zero-order chi connectivity index (χ0) is 16.2. The van der Waals surface area contributed by atoms with Crippen molar-refractivity contribution in [1.29, 1.82) is 0 Å². The van der Waals surface area contributed by atoms with Gasteiger partial charge in [-0.15, -0.1) is 0 Å². The van der Waals surface area contributed by atoms with Gasteiger partial charge in [-0.1, -0.05) is 0 Å². The van der Waals surface area contributed by atoms with Crippen LogP contribution in [0.15, 0.2) is 55.2 Å². The summed E-state index contributed by atoms with van der Waals surface area (Å²) in [5.74, 6) is -2.47. The van der Waals surface area contributed by atoms with E-state index in [2.05, 4.69) is 20.3 Å². The average molecular weight is 312 g/mol. The zero-order valence-corrected chi connectivity index (χ0v) is 11.7. The van der Waals surface area contributed by atoms with E-state index in [1.807, 2.05) is 0 Å². The zero-order valence-electron chi connectivity index (χ0n) is 11.7. The Hall–Kier alpha value is -3.22. The molecule has 3 aromatic rings. The number of carbonyl (C=O) groups excluding carboxylic acids is 1. The number of pyridine rings is 1. The van der Waals surface area contributed by atoms with Crippen molar-refractivity contribution in [3.05, 3.63) is 72.4 Å². The van der Waals surface area contributed by atoms with Crippen molar-refractivity contribution in [3.63, 3.8) is 0 Å². The Bertz CT molecular complexity index is 838. The maximum absolute atomic E-state index is 13.1. The van der Waals surface area contributed by atoms with E-state index < -0.39 is 17.5 Å². The first-order valence-electron chi connectivity index (χ1n) is 6.61. The van der Waals surface area contributed by atoms with Gasteiger partial charge >= 0.3 is 0 Å². The van der Waals surface area contributed by atoms with Gasteiger partial charge in [0.2, 0.25) is 0 Å². The largest absolute Gasteiger partial charge is 0.322 e. The highest BCUT2D eigenvalue weighted by atomic mass is 19.2. The maximum atomic E-state index is 13.1. The van der Waals surface area contributed by atoms with E-state index in [-0.39, 0.29) is 11.3 Å². The molecule has 0 aliphatic carbocycles. The lowest BCUT2D eigenvalue weighted by Gasteiger charge is -2.06. The molecule has 2 aromatic heterocycles. The molecule has 0 saturated carbocycles. The first kappa shape index (κ1) is 14.7. The highest BCUT2D eigenvalue weighted by molar-refractivity contribution is 6.04. The fraction of sp³-hybridized carbons (Fsp3) is 0. The molecule has 0 fully saturated rings. The van der Waals surface area contributed by atoms with Crippen LogP contribution in [0.1, 0.15) is 10.4 Å².